The summed E-state index contributed by atoms with van der Waals surface area (Å²) in [6, 6.07) is 0. The predicted octanol–water partition coefficient (Wildman–Crippen LogP) is 1.62. The van der Waals surface area contributed by atoms with E-state index in [1.54, 1.807) is 5.57 Å². The van der Waals surface area contributed by atoms with Crippen molar-refractivity contribution >= 4 is 0 Å². The molecule has 17 heavy (non-hydrogen) atoms. The van der Waals surface area contributed by atoms with Crippen LogP contribution in [0.3, 0.4) is 0 Å². The van der Waals surface area contributed by atoms with Gasteiger partial charge in [0.15, 0.2) is 0 Å². The lowest BCUT2D eigenvalue weighted by atomic mass is 10.1. The summed E-state index contributed by atoms with van der Waals surface area (Å²) in [5, 5.41) is 0. The van der Waals surface area contributed by atoms with Crippen LogP contribution in [0.1, 0.15) is 58.8 Å². The first-order valence-electron chi connectivity index (χ1n) is 6.96. The van der Waals surface area contributed by atoms with E-state index in [-0.39, 0.29) is 12.4 Å². The molecule has 1 atom stereocenters. The molecular weight excluding hydrogens is 230 g/mol. The zero-order chi connectivity index (χ0) is 11.9. The molecule has 0 saturated carbocycles. The molecule has 0 spiro atoms. The third-order valence-electron chi connectivity index (χ3n) is 3.40. The molecule has 100 valence electrons. The summed E-state index contributed by atoms with van der Waals surface area (Å²) >= 11 is 0. The Kier molecular flexibility index (Phi) is 8.63. The Bertz CT molecular complexity index is 258. The molecule has 0 fully saturated rings. The molecule has 1 nitrogen and oxygen atoms in total. The summed E-state index contributed by atoms with van der Waals surface area (Å²) < 4.78 is 1.03. The zero-order valence-electron chi connectivity index (χ0n) is 11.7. The number of quaternary nitrogens is 1. The number of halogens is 1. The van der Waals surface area contributed by atoms with Crippen LogP contribution in [-0.2, 0) is 0 Å². The fourth-order valence-electron chi connectivity index (χ4n) is 2.28. The molecular formula is C15H28ClN. The van der Waals surface area contributed by atoms with Crippen molar-refractivity contribution in [1.29, 1.82) is 0 Å². The van der Waals surface area contributed by atoms with Crippen LogP contribution in [0.5, 0.6) is 0 Å². The third-order valence-corrected chi connectivity index (χ3v) is 3.40. The van der Waals surface area contributed by atoms with Crippen LogP contribution < -0.4 is 12.4 Å². The summed E-state index contributed by atoms with van der Waals surface area (Å²) in [5.41, 5.74) is 1.54. The predicted molar refractivity (Wildman–Crippen MR) is 71.9 cm³/mol. The minimum atomic E-state index is 0. The molecule has 2 heteroatoms. The second-order valence-electron chi connectivity index (χ2n) is 5.25. The van der Waals surface area contributed by atoms with E-state index in [4.69, 9.17) is 0 Å². The molecule has 0 aliphatic carbocycles. The van der Waals surface area contributed by atoms with Gasteiger partial charge in [-0.3, -0.25) is 4.48 Å². The number of allylic oxidation sites excluding steroid dienone is 2. The van der Waals surface area contributed by atoms with Crippen molar-refractivity contribution in [2.75, 3.05) is 13.6 Å². The average Bonchev–Trinajstić information content (AvgIpc) is 2.64. The van der Waals surface area contributed by atoms with Crippen LogP contribution in [-0.4, -0.2) is 18.1 Å². The van der Waals surface area contributed by atoms with E-state index in [2.05, 4.69) is 39.4 Å². The lowest BCUT2D eigenvalue weighted by Gasteiger charge is -2.23. The van der Waals surface area contributed by atoms with Crippen LogP contribution >= 0.6 is 0 Å². The second kappa shape index (κ2) is 8.77. The highest BCUT2D eigenvalue weighted by molar-refractivity contribution is 5.19. The second-order valence-corrected chi connectivity index (χ2v) is 5.25. The van der Waals surface area contributed by atoms with Crippen molar-refractivity contribution in [1.82, 2.24) is 0 Å². The first-order valence-corrected chi connectivity index (χ1v) is 6.96. The van der Waals surface area contributed by atoms with Gasteiger partial charge in [-0.15, -0.1) is 0 Å². The Morgan fingerprint density at radius 1 is 1.00 bits per heavy atom. The van der Waals surface area contributed by atoms with Gasteiger partial charge in [0, 0.05) is 11.6 Å². The van der Waals surface area contributed by atoms with Crippen molar-refractivity contribution in [3.63, 3.8) is 0 Å². The molecule has 0 aromatic carbocycles. The SMILES string of the molecule is CCCCCC[N+]1(C)C=CC(CCCC)=C1.[Cl-]. The fraction of sp³-hybridized carbons (Fsp3) is 0.733. The lowest BCUT2D eigenvalue weighted by molar-refractivity contribution is -0.804. The quantitative estimate of drug-likeness (QED) is 0.458. The van der Waals surface area contributed by atoms with Crippen molar-refractivity contribution in [3.8, 4) is 0 Å². The molecule has 1 unspecified atom stereocenters. The van der Waals surface area contributed by atoms with Crippen LogP contribution in [0.15, 0.2) is 24.0 Å². The van der Waals surface area contributed by atoms with Crippen molar-refractivity contribution in [2.45, 2.75) is 58.8 Å². The minimum absolute atomic E-state index is 0. The van der Waals surface area contributed by atoms with E-state index in [0.717, 1.165) is 4.48 Å². The molecule has 0 aromatic heterocycles. The average molecular weight is 258 g/mol. The molecule has 0 amide bonds. The van der Waals surface area contributed by atoms with E-state index >= 15 is 0 Å². The third kappa shape index (κ3) is 6.28. The van der Waals surface area contributed by atoms with E-state index in [9.17, 15) is 0 Å². The first kappa shape index (κ1) is 16.7. The summed E-state index contributed by atoms with van der Waals surface area (Å²) in [5.74, 6) is 0. The van der Waals surface area contributed by atoms with Gasteiger partial charge in [-0.1, -0.05) is 33.1 Å². The van der Waals surface area contributed by atoms with E-state index in [1.807, 2.05) is 0 Å². The molecule has 0 aromatic rings. The van der Waals surface area contributed by atoms with Gasteiger partial charge in [0.05, 0.1) is 13.6 Å². The highest BCUT2D eigenvalue weighted by Crippen LogP contribution is 2.23. The summed E-state index contributed by atoms with van der Waals surface area (Å²) in [7, 11) is 2.32. The topological polar surface area (TPSA) is 0 Å². The zero-order valence-corrected chi connectivity index (χ0v) is 12.5. The van der Waals surface area contributed by atoms with Crippen LogP contribution in [0.2, 0.25) is 0 Å². The smallest absolute Gasteiger partial charge is 0.104 e. The highest BCUT2D eigenvalue weighted by Gasteiger charge is 2.21. The van der Waals surface area contributed by atoms with Crippen molar-refractivity contribution in [3.05, 3.63) is 24.0 Å². The van der Waals surface area contributed by atoms with Gasteiger partial charge in [-0.25, -0.2) is 0 Å². The normalized spacial score (nSPS) is 22.4. The highest BCUT2D eigenvalue weighted by atomic mass is 35.5. The largest absolute Gasteiger partial charge is 1.00 e. The Morgan fingerprint density at radius 3 is 2.35 bits per heavy atom. The summed E-state index contributed by atoms with van der Waals surface area (Å²) in [6.07, 6.45) is 16.5. The molecule has 0 bridgehead atoms. The summed E-state index contributed by atoms with van der Waals surface area (Å²) in [6.45, 7) is 5.80. The number of hydrogen-bond donors (Lipinski definition) is 0. The Hall–Kier alpha value is -0.270. The number of rotatable bonds is 8. The van der Waals surface area contributed by atoms with Gasteiger partial charge in [-0.05, 0) is 25.7 Å². The van der Waals surface area contributed by atoms with Gasteiger partial charge in [-0.2, -0.15) is 0 Å². The Labute approximate surface area is 114 Å². The molecule has 1 rings (SSSR count). The lowest BCUT2D eigenvalue weighted by Crippen LogP contribution is -3.00. The number of unbranched alkanes of at least 4 members (excludes halogenated alkanes) is 4. The van der Waals surface area contributed by atoms with Crippen LogP contribution in [0.25, 0.3) is 0 Å². The first-order chi connectivity index (χ1) is 7.70. The van der Waals surface area contributed by atoms with Crippen molar-refractivity contribution in [2.24, 2.45) is 0 Å². The summed E-state index contributed by atoms with van der Waals surface area (Å²) in [4.78, 5) is 0. The number of hydrogen-bond acceptors (Lipinski definition) is 0. The standard InChI is InChI=1S/C15H28N.ClH/c1-4-6-8-9-12-16(3)13-11-15(14-16)10-7-5-2;/h11,13-14H,4-10,12H2,1-3H3;1H/q+1;/p-1. The molecule has 0 saturated heterocycles. The van der Waals surface area contributed by atoms with Crippen molar-refractivity contribution < 1.29 is 16.9 Å². The monoisotopic (exact) mass is 257 g/mol. The van der Waals surface area contributed by atoms with Gasteiger partial charge >= 0.3 is 0 Å². The fourth-order valence-corrected chi connectivity index (χ4v) is 2.28. The Morgan fingerprint density at radius 2 is 1.71 bits per heavy atom. The maximum atomic E-state index is 2.45. The maximum absolute atomic E-state index is 2.45. The van der Waals surface area contributed by atoms with Gasteiger partial charge in [0.25, 0.3) is 0 Å². The van der Waals surface area contributed by atoms with Crippen LogP contribution in [0, 0.1) is 0 Å². The molecule has 0 radical (unpaired) electrons. The van der Waals surface area contributed by atoms with Crippen LogP contribution in [0.4, 0.5) is 0 Å². The molecule has 1 aliphatic rings. The van der Waals surface area contributed by atoms with E-state index in [0.29, 0.717) is 0 Å². The molecule has 1 heterocycles. The molecule has 1 aliphatic heterocycles. The van der Waals surface area contributed by atoms with E-state index < -0.39 is 0 Å². The van der Waals surface area contributed by atoms with E-state index in [1.165, 1.54) is 51.5 Å². The number of nitrogens with zero attached hydrogens (tertiary/aromatic N) is 1. The van der Waals surface area contributed by atoms with Gasteiger partial charge in [0.2, 0.25) is 0 Å². The van der Waals surface area contributed by atoms with Gasteiger partial charge < -0.3 is 12.4 Å². The maximum Gasteiger partial charge on any atom is 0.104 e. The van der Waals surface area contributed by atoms with Gasteiger partial charge in [0.1, 0.15) is 12.4 Å². The molecule has 0 N–H and O–H groups in total. The minimum Gasteiger partial charge on any atom is -1.00 e. The Balaban J connectivity index is 0.00000256.